The number of benzene rings is 1. The molecule has 1 aliphatic carbocycles. The zero-order valence-electron chi connectivity index (χ0n) is 18.1. The van der Waals surface area contributed by atoms with Crippen molar-refractivity contribution in [1.29, 1.82) is 0 Å². The molecule has 0 saturated carbocycles. The Kier molecular flexibility index (Phi) is 6.43. The molecule has 0 radical (unpaired) electrons. The van der Waals surface area contributed by atoms with Gasteiger partial charge in [-0.25, -0.2) is 15.0 Å². The van der Waals surface area contributed by atoms with Crippen LogP contribution < -0.4 is 10.6 Å². The number of anilines is 2. The molecule has 0 unspecified atom stereocenters. The van der Waals surface area contributed by atoms with Crippen molar-refractivity contribution < 1.29 is 22.7 Å². The Morgan fingerprint density at radius 3 is 2.68 bits per heavy atom. The minimum absolute atomic E-state index is 0.0381. The number of halogens is 4. The van der Waals surface area contributed by atoms with Crippen molar-refractivity contribution in [3.63, 3.8) is 0 Å². The van der Waals surface area contributed by atoms with Gasteiger partial charge in [-0.2, -0.15) is 13.2 Å². The molecule has 1 amide bonds. The fourth-order valence-electron chi connectivity index (χ4n) is 3.54. The first-order valence-electron chi connectivity index (χ1n) is 10.2. The molecule has 0 bridgehead atoms. The zero-order chi connectivity index (χ0) is 24.5. The fraction of sp³-hybridized carbons (Fsp3) is 0.217. The number of allylic oxidation sites excluding steroid dienone is 4. The number of methoxy groups -OCH3 is 1. The van der Waals surface area contributed by atoms with E-state index >= 15 is 0 Å². The van der Waals surface area contributed by atoms with Gasteiger partial charge in [-0.3, -0.25) is 4.79 Å². The zero-order valence-corrected chi connectivity index (χ0v) is 18.9. The molecule has 1 aromatic carbocycles. The number of carbonyl (C=O) groups excluding carboxylic acids is 1. The van der Waals surface area contributed by atoms with Gasteiger partial charge in [0.1, 0.15) is 23.1 Å². The van der Waals surface area contributed by atoms with E-state index in [9.17, 15) is 18.0 Å². The van der Waals surface area contributed by atoms with Crippen LogP contribution in [0.4, 0.5) is 24.7 Å². The van der Waals surface area contributed by atoms with Crippen molar-refractivity contribution in [1.82, 2.24) is 20.3 Å². The van der Waals surface area contributed by atoms with Crippen LogP contribution in [0.5, 0.6) is 0 Å². The third-order valence-electron chi connectivity index (χ3n) is 5.31. The van der Waals surface area contributed by atoms with Gasteiger partial charge in [-0.15, -0.1) is 0 Å². The summed E-state index contributed by atoms with van der Waals surface area (Å²) >= 11 is 6.01. The minimum atomic E-state index is -4.58. The maximum Gasteiger partial charge on any atom is 0.419 e. The van der Waals surface area contributed by atoms with Gasteiger partial charge < -0.3 is 15.4 Å². The normalized spacial score (nSPS) is 14.1. The van der Waals surface area contributed by atoms with Crippen LogP contribution in [-0.4, -0.2) is 34.1 Å². The highest BCUT2D eigenvalue weighted by molar-refractivity contribution is 6.30. The molecule has 176 valence electrons. The molecule has 3 aromatic rings. The summed E-state index contributed by atoms with van der Waals surface area (Å²) in [5.74, 6) is -0.215. The van der Waals surface area contributed by atoms with Gasteiger partial charge in [0.15, 0.2) is 0 Å². The number of aromatic nitrogens is 3. The molecule has 0 fully saturated rings. The van der Waals surface area contributed by atoms with Crippen LogP contribution in [0.2, 0.25) is 5.15 Å². The van der Waals surface area contributed by atoms with Gasteiger partial charge in [0.25, 0.3) is 5.91 Å². The van der Waals surface area contributed by atoms with Crippen LogP contribution >= 0.6 is 11.6 Å². The number of alkyl halides is 3. The number of pyridine rings is 1. The van der Waals surface area contributed by atoms with E-state index in [4.69, 9.17) is 16.3 Å². The molecule has 2 aromatic heterocycles. The standard InChI is InChI=1S/C23H19ClF3N5O2/c1-12-3-4-13(22(33)31-14-5-6-19(34-2)16(8-14)23(25,26)27)7-17(12)32-21-15-9-20(24)28-10-18(15)29-11-30-21/h3-4,7-11H,5-6H2,1-2H3,(H,31,33)(H,29,30,32). The number of hydrogen-bond acceptors (Lipinski definition) is 6. The number of hydrogen-bond donors (Lipinski definition) is 2. The van der Waals surface area contributed by atoms with E-state index in [1.165, 1.54) is 19.6 Å². The van der Waals surface area contributed by atoms with Gasteiger partial charge in [0.05, 0.1) is 24.4 Å². The number of fused-ring (bicyclic) bond motifs is 1. The van der Waals surface area contributed by atoms with Crippen LogP contribution in [-0.2, 0) is 4.74 Å². The molecule has 0 aliphatic heterocycles. The largest absolute Gasteiger partial charge is 0.500 e. The van der Waals surface area contributed by atoms with Crippen molar-refractivity contribution >= 4 is 39.9 Å². The molecule has 0 atom stereocenters. The second-order valence-corrected chi connectivity index (χ2v) is 7.95. The first kappa shape index (κ1) is 23.5. The lowest BCUT2D eigenvalue weighted by Gasteiger charge is -2.21. The van der Waals surface area contributed by atoms with Crippen molar-refractivity contribution in [2.75, 3.05) is 12.4 Å². The quantitative estimate of drug-likeness (QED) is 0.453. The Hall–Kier alpha value is -3.66. The van der Waals surface area contributed by atoms with Gasteiger partial charge >= 0.3 is 6.18 Å². The summed E-state index contributed by atoms with van der Waals surface area (Å²) in [5, 5.41) is 6.68. The van der Waals surface area contributed by atoms with E-state index in [1.54, 1.807) is 24.3 Å². The Bertz CT molecular complexity index is 1340. The molecule has 11 heteroatoms. The highest BCUT2D eigenvalue weighted by Crippen LogP contribution is 2.35. The molecule has 0 spiro atoms. The monoisotopic (exact) mass is 489 g/mol. The topological polar surface area (TPSA) is 89.0 Å². The van der Waals surface area contributed by atoms with E-state index in [0.717, 1.165) is 11.6 Å². The first-order valence-corrected chi connectivity index (χ1v) is 10.5. The molecule has 0 saturated heterocycles. The smallest absolute Gasteiger partial charge is 0.419 e. The van der Waals surface area contributed by atoms with Crippen molar-refractivity contribution in [3.8, 4) is 0 Å². The van der Waals surface area contributed by atoms with Gasteiger partial charge in [0, 0.05) is 28.8 Å². The average molecular weight is 490 g/mol. The van der Waals surface area contributed by atoms with Gasteiger partial charge in [-0.1, -0.05) is 17.7 Å². The lowest BCUT2D eigenvalue weighted by atomic mass is 10.0. The summed E-state index contributed by atoms with van der Waals surface area (Å²) in [6.07, 6.45) is -0.511. The second kappa shape index (κ2) is 9.30. The maximum atomic E-state index is 13.3. The van der Waals surface area contributed by atoms with E-state index in [0.29, 0.717) is 22.4 Å². The number of aryl methyl sites for hydroxylation is 1. The van der Waals surface area contributed by atoms with E-state index < -0.39 is 17.7 Å². The van der Waals surface area contributed by atoms with Crippen LogP contribution in [0.1, 0.15) is 28.8 Å². The summed E-state index contributed by atoms with van der Waals surface area (Å²) in [4.78, 5) is 25.3. The van der Waals surface area contributed by atoms with Crippen LogP contribution in [0.15, 0.2) is 59.9 Å². The van der Waals surface area contributed by atoms with Crippen LogP contribution in [0, 0.1) is 6.92 Å². The number of nitrogens with zero attached hydrogens (tertiary/aromatic N) is 3. The predicted octanol–water partition coefficient (Wildman–Crippen LogP) is 5.60. The molecular weight excluding hydrogens is 471 g/mol. The molecule has 2 N–H and O–H groups in total. The minimum Gasteiger partial charge on any atom is -0.500 e. The number of ether oxygens (including phenoxy) is 1. The molecular formula is C23H19ClF3N5O2. The number of amides is 1. The summed E-state index contributed by atoms with van der Waals surface area (Å²) in [5.41, 5.74) is 1.54. The SMILES string of the molecule is COC1=C(C(F)(F)F)C=C(NC(=O)c2ccc(C)c(Nc3ncnc4cnc(Cl)cc34)c2)CC1. The average Bonchev–Trinajstić information content (AvgIpc) is 2.80. The van der Waals surface area contributed by atoms with Crippen molar-refractivity contribution in [2.45, 2.75) is 25.9 Å². The Labute approximate surface area is 197 Å². The lowest BCUT2D eigenvalue weighted by Crippen LogP contribution is -2.26. The van der Waals surface area contributed by atoms with Crippen molar-refractivity contribution in [3.05, 3.63) is 76.2 Å². The Morgan fingerprint density at radius 2 is 1.94 bits per heavy atom. The van der Waals surface area contributed by atoms with Crippen molar-refractivity contribution in [2.24, 2.45) is 0 Å². The van der Waals surface area contributed by atoms with Gasteiger partial charge in [-0.05, 0) is 43.2 Å². The van der Waals surface area contributed by atoms with E-state index in [-0.39, 0.29) is 35.0 Å². The second-order valence-electron chi connectivity index (χ2n) is 7.56. The molecule has 7 nitrogen and oxygen atoms in total. The van der Waals surface area contributed by atoms with E-state index in [2.05, 4.69) is 25.6 Å². The highest BCUT2D eigenvalue weighted by atomic mass is 35.5. The third kappa shape index (κ3) is 4.96. The molecule has 2 heterocycles. The molecule has 1 aliphatic rings. The summed E-state index contributed by atoms with van der Waals surface area (Å²) in [7, 11) is 1.20. The van der Waals surface area contributed by atoms with E-state index in [1.807, 2.05) is 6.92 Å². The highest BCUT2D eigenvalue weighted by Gasteiger charge is 2.37. The fourth-order valence-corrected chi connectivity index (χ4v) is 3.69. The number of rotatable bonds is 5. The first-order chi connectivity index (χ1) is 16.2. The van der Waals surface area contributed by atoms with Gasteiger partial charge in [0.2, 0.25) is 0 Å². The summed E-state index contributed by atoms with van der Waals surface area (Å²) < 4.78 is 44.8. The molecule has 34 heavy (non-hydrogen) atoms. The summed E-state index contributed by atoms with van der Waals surface area (Å²) in [6.45, 7) is 1.85. The summed E-state index contributed by atoms with van der Waals surface area (Å²) in [6, 6.07) is 6.56. The Morgan fingerprint density at radius 1 is 1.15 bits per heavy atom. The maximum absolute atomic E-state index is 13.3. The Balaban J connectivity index is 1.60. The molecule has 4 rings (SSSR count). The number of nitrogens with one attached hydrogen (secondary N) is 2. The van der Waals surface area contributed by atoms with Crippen LogP contribution in [0.25, 0.3) is 10.9 Å². The lowest BCUT2D eigenvalue weighted by molar-refractivity contribution is -0.0920. The number of carbonyl (C=O) groups is 1. The van der Waals surface area contributed by atoms with Crippen LogP contribution in [0.3, 0.4) is 0 Å². The third-order valence-corrected chi connectivity index (χ3v) is 5.51. The predicted molar refractivity (Wildman–Crippen MR) is 122 cm³/mol.